The fraction of sp³-hybridized carbons (Fsp3) is 0.480. The molecule has 0 radical (unpaired) electrons. The van der Waals surface area contributed by atoms with Crippen LogP contribution >= 0.6 is 0 Å². The zero-order chi connectivity index (χ0) is 22.2. The van der Waals surface area contributed by atoms with E-state index in [1.807, 2.05) is 32.4 Å². The number of likely N-dealkylation sites (tertiary alicyclic amines) is 1. The maximum atomic E-state index is 12.9. The monoisotopic (exact) mass is 419 g/mol. The number of benzene rings is 1. The predicted octanol–water partition coefficient (Wildman–Crippen LogP) is 4.64. The van der Waals surface area contributed by atoms with Gasteiger partial charge in [0.2, 0.25) is 5.91 Å². The van der Waals surface area contributed by atoms with E-state index in [1.165, 1.54) is 0 Å². The van der Waals surface area contributed by atoms with E-state index in [1.54, 1.807) is 0 Å². The lowest BCUT2D eigenvalue weighted by molar-refractivity contribution is -0.121. The largest absolute Gasteiger partial charge is 0.331 e. The number of fused-ring (bicyclic) bond motifs is 1. The SMILES string of the molecule is Cc1ncc(-c2ccc3cnc(NC(=O)C4CCN(CC(C)(C)C)CC4)cc3c2)n1C. The molecule has 0 spiro atoms. The molecule has 0 unspecified atom stereocenters. The summed E-state index contributed by atoms with van der Waals surface area (Å²) in [6, 6.07) is 8.25. The van der Waals surface area contributed by atoms with Gasteiger partial charge in [-0.15, -0.1) is 0 Å². The number of carbonyl (C=O) groups excluding carboxylic acids is 1. The van der Waals surface area contributed by atoms with Crippen molar-refractivity contribution in [3.05, 3.63) is 42.5 Å². The van der Waals surface area contributed by atoms with Crippen molar-refractivity contribution < 1.29 is 4.79 Å². The van der Waals surface area contributed by atoms with Gasteiger partial charge in [0.1, 0.15) is 11.6 Å². The molecule has 2 aromatic heterocycles. The summed E-state index contributed by atoms with van der Waals surface area (Å²) in [6.45, 7) is 11.8. The van der Waals surface area contributed by atoms with E-state index in [-0.39, 0.29) is 17.2 Å². The Bertz CT molecular complexity index is 1090. The zero-order valence-corrected chi connectivity index (χ0v) is 19.3. The van der Waals surface area contributed by atoms with Crippen LogP contribution < -0.4 is 5.32 Å². The normalized spacial score (nSPS) is 16.0. The van der Waals surface area contributed by atoms with Gasteiger partial charge in [-0.25, -0.2) is 9.97 Å². The minimum atomic E-state index is 0.0532. The first-order valence-corrected chi connectivity index (χ1v) is 11.1. The van der Waals surface area contributed by atoms with E-state index >= 15 is 0 Å². The highest BCUT2D eigenvalue weighted by Crippen LogP contribution is 2.27. The smallest absolute Gasteiger partial charge is 0.228 e. The number of amides is 1. The molecule has 1 amide bonds. The maximum Gasteiger partial charge on any atom is 0.228 e. The molecule has 6 nitrogen and oxygen atoms in total. The van der Waals surface area contributed by atoms with E-state index in [2.05, 4.69) is 63.7 Å². The third-order valence-electron chi connectivity index (χ3n) is 6.15. The van der Waals surface area contributed by atoms with Gasteiger partial charge in [0.25, 0.3) is 0 Å². The highest BCUT2D eigenvalue weighted by atomic mass is 16.1. The average molecular weight is 420 g/mol. The minimum absolute atomic E-state index is 0.0532. The number of hydrogen-bond donors (Lipinski definition) is 1. The molecule has 164 valence electrons. The molecule has 0 atom stereocenters. The fourth-order valence-electron chi connectivity index (χ4n) is 4.39. The van der Waals surface area contributed by atoms with Crippen LogP contribution in [0.5, 0.6) is 0 Å². The number of nitrogens with zero attached hydrogens (tertiary/aromatic N) is 4. The summed E-state index contributed by atoms with van der Waals surface area (Å²) in [4.78, 5) is 24.2. The van der Waals surface area contributed by atoms with Gasteiger partial charge >= 0.3 is 0 Å². The lowest BCUT2D eigenvalue weighted by Gasteiger charge is -2.35. The van der Waals surface area contributed by atoms with Crippen molar-refractivity contribution in [3.63, 3.8) is 0 Å². The van der Waals surface area contributed by atoms with Crippen molar-refractivity contribution in [3.8, 4) is 11.3 Å². The molecule has 1 aromatic carbocycles. The van der Waals surface area contributed by atoms with Crippen LogP contribution in [0.15, 0.2) is 36.7 Å². The van der Waals surface area contributed by atoms with Crippen molar-refractivity contribution in [2.45, 2.75) is 40.5 Å². The Morgan fingerprint density at radius 2 is 1.84 bits per heavy atom. The summed E-state index contributed by atoms with van der Waals surface area (Å²) in [5, 5.41) is 5.16. The second kappa shape index (κ2) is 8.42. The number of pyridine rings is 1. The van der Waals surface area contributed by atoms with Crippen LogP contribution in [-0.4, -0.2) is 45.0 Å². The summed E-state index contributed by atoms with van der Waals surface area (Å²) >= 11 is 0. The Balaban J connectivity index is 1.45. The number of piperidine rings is 1. The first kappa shape index (κ1) is 21.5. The Hall–Kier alpha value is -2.73. The molecule has 1 N–H and O–H groups in total. The molecule has 31 heavy (non-hydrogen) atoms. The molecular formula is C25H33N5O. The topological polar surface area (TPSA) is 63.1 Å². The molecule has 1 fully saturated rings. The summed E-state index contributed by atoms with van der Waals surface area (Å²) in [7, 11) is 2.02. The number of imidazole rings is 1. The van der Waals surface area contributed by atoms with Crippen LogP contribution in [0.1, 0.15) is 39.4 Å². The maximum absolute atomic E-state index is 12.9. The number of carbonyl (C=O) groups is 1. The van der Waals surface area contributed by atoms with Gasteiger partial charge in [-0.2, -0.15) is 0 Å². The highest BCUT2D eigenvalue weighted by molar-refractivity contribution is 5.95. The van der Waals surface area contributed by atoms with Crippen LogP contribution in [0.2, 0.25) is 0 Å². The molecule has 4 rings (SSSR count). The van der Waals surface area contributed by atoms with Gasteiger partial charge in [-0.3, -0.25) is 4.79 Å². The summed E-state index contributed by atoms with van der Waals surface area (Å²) in [5.41, 5.74) is 2.46. The second-order valence-electron chi connectivity index (χ2n) is 9.98. The van der Waals surface area contributed by atoms with Crippen LogP contribution in [-0.2, 0) is 11.8 Å². The molecule has 0 aliphatic carbocycles. The summed E-state index contributed by atoms with van der Waals surface area (Å²) in [6.07, 6.45) is 5.53. The van der Waals surface area contributed by atoms with Crippen LogP contribution in [0.4, 0.5) is 5.82 Å². The van der Waals surface area contributed by atoms with E-state index in [0.717, 1.165) is 60.3 Å². The lowest BCUT2D eigenvalue weighted by atomic mass is 9.91. The molecular weight excluding hydrogens is 386 g/mol. The molecule has 1 aliphatic heterocycles. The summed E-state index contributed by atoms with van der Waals surface area (Å²) in [5.74, 6) is 1.73. The highest BCUT2D eigenvalue weighted by Gasteiger charge is 2.27. The van der Waals surface area contributed by atoms with Gasteiger partial charge in [-0.05, 0) is 55.8 Å². The molecule has 1 aliphatic rings. The first-order valence-electron chi connectivity index (χ1n) is 11.1. The van der Waals surface area contributed by atoms with Crippen molar-refractivity contribution >= 4 is 22.5 Å². The lowest BCUT2D eigenvalue weighted by Crippen LogP contribution is -2.41. The second-order valence-corrected chi connectivity index (χ2v) is 9.98. The first-order chi connectivity index (χ1) is 14.7. The third kappa shape index (κ3) is 4.96. The van der Waals surface area contributed by atoms with E-state index in [4.69, 9.17) is 0 Å². The molecule has 3 heterocycles. The Morgan fingerprint density at radius 1 is 1.10 bits per heavy atom. The van der Waals surface area contributed by atoms with Gasteiger partial charge in [0.05, 0.1) is 11.9 Å². The fourth-order valence-corrected chi connectivity index (χ4v) is 4.39. The Labute approximate surface area is 184 Å². The van der Waals surface area contributed by atoms with Crippen LogP contribution in [0, 0.1) is 18.3 Å². The van der Waals surface area contributed by atoms with Crippen molar-refractivity contribution in [1.29, 1.82) is 0 Å². The van der Waals surface area contributed by atoms with Gasteiger partial charge < -0.3 is 14.8 Å². The number of aryl methyl sites for hydroxylation is 1. The van der Waals surface area contributed by atoms with Crippen molar-refractivity contribution in [2.24, 2.45) is 18.4 Å². The Kier molecular flexibility index (Phi) is 5.84. The number of nitrogens with one attached hydrogen (secondary N) is 1. The predicted molar refractivity (Wildman–Crippen MR) is 126 cm³/mol. The molecule has 0 saturated carbocycles. The van der Waals surface area contributed by atoms with Crippen molar-refractivity contribution in [2.75, 3.05) is 25.0 Å². The standard InChI is InChI=1S/C25H33N5O/c1-17-26-15-22(29(17)5)19-6-7-20-14-27-23(13-21(20)12-19)28-24(31)18-8-10-30(11-9-18)16-25(2,3)4/h6-7,12-15,18H,8-11,16H2,1-5H3,(H,27,28,31). The van der Waals surface area contributed by atoms with Crippen molar-refractivity contribution in [1.82, 2.24) is 19.4 Å². The number of hydrogen-bond acceptors (Lipinski definition) is 4. The molecule has 3 aromatic rings. The van der Waals surface area contributed by atoms with Gasteiger partial charge in [0, 0.05) is 36.7 Å². The third-order valence-corrected chi connectivity index (χ3v) is 6.15. The molecule has 6 heteroatoms. The minimum Gasteiger partial charge on any atom is -0.331 e. The van der Waals surface area contributed by atoms with E-state index < -0.39 is 0 Å². The Morgan fingerprint density at radius 3 is 2.48 bits per heavy atom. The summed E-state index contributed by atoms with van der Waals surface area (Å²) < 4.78 is 2.08. The quantitative estimate of drug-likeness (QED) is 0.669. The van der Waals surface area contributed by atoms with Crippen LogP contribution in [0.3, 0.4) is 0 Å². The van der Waals surface area contributed by atoms with Gasteiger partial charge in [0.15, 0.2) is 0 Å². The van der Waals surface area contributed by atoms with E-state index in [9.17, 15) is 4.79 Å². The number of rotatable bonds is 4. The van der Waals surface area contributed by atoms with Crippen LogP contribution in [0.25, 0.3) is 22.0 Å². The zero-order valence-electron chi connectivity index (χ0n) is 19.3. The molecule has 1 saturated heterocycles. The molecule has 0 bridgehead atoms. The average Bonchev–Trinajstić information content (AvgIpc) is 3.05. The van der Waals surface area contributed by atoms with Gasteiger partial charge in [-0.1, -0.05) is 32.9 Å². The number of anilines is 1. The van der Waals surface area contributed by atoms with E-state index in [0.29, 0.717) is 5.82 Å². The number of aromatic nitrogens is 3.